The quantitative estimate of drug-likeness (QED) is 0.439. The molecule has 1 aliphatic rings. The first-order chi connectivity index (χ1) is 4.33. The van der Waals surface area contributed by atoms with Gasteiger partial charge in [-0.25, -0.2) is 0 Å². The Morgan fingerprint density at radius 2 is 2.44 bits per heavy atom. The third-order valence-corrected chi connectivity index (χ3v) is 0.964. The van der Waals surface area contributed by atoms with Gasteiger partial charge in [0.15, 0.2) is 0 Å². The fourth-order valence-corrected chi connectivity index (χ4v) is 0.539. The third-order valence-electron chi connectivity index (χ3n) is 0.964. The molecule has 1 aliphatic heterocycles. The second-order valence-corrected chi connectivity index (χ2v) is 1.62. The summed E-state index contributed by atoms with van der Waals surface area (Å²) in [5.74, 6) is 1.26. The van der Waals surface area contributed by atoms with E-state index in [1.165, 1.54) is 0 Å². The van der Waals surface area contributed by atoms with Crippen LogP contribution < -0.4 is 16.6 Å². The van der Waals surface area contributed by atoms with Crippen molar-refractivity contribution in [2.24, 2.45) is 5.73 Å². The van der Waals surface area contributed by atoms with E-state index in [-0.39, 0.29) is 0 Å². The van der Waals surface area contributed by atoms with Gasteiger partial charge in [-0.3, -0.25) is 5.43 Å². The lowest BCUT2D eigenvalue weighted by Gasteiger charge is -2.12. The van der Waals surface area contributed by atoms with E-state index < -0.39 is 0 Å². The fraction of sp³-hybridized carbons (Fsp3) is 0.200. The lowest BCUT2D eigenvalue weighted by Crippen LogP contribution is -2.33. The van der Waals surface area contributed by atoms with Gasteiger partial charge in [0.2, 0.25) is 0 Å². The molecule has 0 saturated heterocycles. The van der Waals surface area contributed by atoms with Gasteiger partial charge in [-0.05, 0) is 0 Å². The lowest BCUT2D eigenvalue weighted by atomic mass is 10.4. The molecule has 0 atom stereocenters. The van der Waals surface area contributed by atoms with Crippen molar-refractivity contribution in [1.82, 2.24) is 10.9 Å². The van der Waals surface area contributed by atoms with E-state index in [1.807, 2.05) is 0 Å². The van der Waals surface area contributed by atoms with Crippen molar-refractivity contribution in [2.45, 2.75) is 0 Å². The Labute approximate surface area is 53.3 Å². The van der Waals surface area contributed by atoms with Crippen LogP contribution in [0.2, 0.25) is 0 Å². The second-order valence-electron chi connectivity index (χ2n) is 1.62. The van der Waals surface area contributed by atoms with Crippen molar-refractivity contribution in [2.75, 3.05) is 7.11 Å². The molecular formula is C5H9N3O. The van der Waals surface area contributed by atoms with E-state index in [0.717, 1.165) is 0 Å². The number of methoxy groups -OCH3 is 1. The van der Waals surface area contributed by atoms with E-state index in [2.05, 4.69) is 10.9 Å². The molecule has 0 aromatic carbocycles. The summed E-state index contributed by atoms with van der Waals surface area (Å²) in [5.41, 5.74) is 10.8. The molecule has 0 bridgehead atoms. The van der Waals surface area contributed by atoms with Gasteiger partial charge in [-0.1, -0.05) is 0 Å². The van der Waals surface area contributed by atoms with Crippen molar-refractivity contribution in [3.05, 3.63) is 23.9 Å². The number of nitrogens with one attached hydrogen (secondary N) is 2. The zero-order valence-electron chi connectivity index (χ0n) is 5.14. The van der Waals surface area contributed by atoms with E-state index in [4.69, 9.17) is 10.5 Å². The van der Waals surface area contributed by atoms with Crippen LogP contribution in [0.5, 0.6) is 0 Å². The Morgan fingerprint density at radius 1 is 1.67 bits per heavy atom. The molecule has 0 aliphatic carbocycles. The molecule has 9 heavy (non-hydrogen) atoms. The van der Waals surface area contributed by atoms with Gasteiger partial charge in [0.05, 0.1) is 13.3 Å². The van der Waals surface area contributed by atoms with Gasteiger partial charge in [-0.15, -0.1) is 0 Å². The molecule has 4 nitrogen and oxygen atoms in total. The topological polar surface area (TPSA) is 59.3 Å². The average Bonchev–Trinajstić information content (AvgIpc) is 1.88. The molecule has 0 fully saturated rings. The molecular weight excluding hydrogens is 118 g/mol. The van der Waals surface area contributed by atoms with Crippen LogP contribution in [0, 0.1) is 0 Å². The van der Waals surface area contributed by atoms with Crippen LogP contribution in [-0.4, -0.2) is 7.11 Å². The number of allylic oxidation sites excluding steroid dienone is 1. The van der Waals surface area contributed by atoms with E-state index in [0.29, 0.717) is 11.6 Å². The van der Waals surface area contributed by atoms with Gasteiger partial charge in [0.25, 0.3) is 0 Å². The van der Waals surface area contributed by atoms with Crippen molar-refractivity contribution in [3.63, 3.8) is 0 Å². The molecule has 4 heteroatoms. The molecule has 0 saturated carbocycles. The molecule has 1 heterocycles. The van der Waals surface area contributed by atoms with Crippen molar-refractivity contribution in [1.29, 1.82) is 0 Å². The number of rotatable bonds is 1. The molecule has 0 aromatic rings. The molecule has 0 aromatic heterocycles. The van der Waals surface area contributed by atoms with E-state index in [9.17, 15) is 0 Å². The van der Waals surface area contributed by atoms with Crippen LogP contribution in [0.3, 0.4) is 0 Å². The van der Waals surface area contributed by atoms with Crippen LogP contribution in [0.15, 0.2) is 23.9 Å². The summed E-state index contributed by atoms with van der Waals surface area (Å²) in [6.45, 7) is 0. The Balaban J connectivity index is 2.63. The Hall–Kier alpha value is -1.32. The van der Waals surface area contributed by atoms with Crippen molar-refractivity contribution in [3.8, 4) is 0 Å². The highest BCUT2D eigenvalue weighted by atomic mass is 16.5. The van der Waals surface area contributed by atoms with Crippen LogP contribution in [-0.2, 0) is 4.74 Å². The zero-order chi connectivity index (χ0) is 6.69. The minimum absolute atomic E-state index is 0.550. The van der Waals surface area contributed by atoms with Crippen LogP contribution in [0.4, 0.5) is 0 Å². The second kappa shape index (κ2) is 2.30. The zero-order valence-corrected chi connectivity index (χ0v) is 5.14. The average molecular weight is 127 g/mol. The molecule has 0 radical (unpaired) electrons. The normalized spacial score (nSPS) is 16.6. The Kier molecular flexibility index (Phi) is 1.48. The first kappa shape index (κ1) is 5.81. The maximum absolute atomic E-state index is 5.37. The molecule has 0 amide bonds. The largest absolute Gasteiger partial charge is 0.495 e. The van der Waals surface area contributed by atoms with Gasteiger partial charge in [-0.2, -0.15) is 0 Å². The van der Waals surface area contributed by atoms with Gasteiger partial charge in [0.1, 0.15) is 11.6 Å². The van der Waals surface area contributed by atoms with E-state index in [1.54, 1.807) is 19.4 Å². The molecule has 0 spiro atoms. The molecule has 4 N–H and O–H groups in total. The van der Waals surface area contributed by atoms with Crippen molar-refractivity contribution < 1.29 is 4.74 Å². The minimum Gasteiger partial charge on any atom is -0.495 e. The summed E-state index contributed by atoms with van der Waals surface area (Å²) in [7, 11) is 1.59. The number of hydrazine groups is 1. The summed E-state index contributed by atoms with van der Waals surface area (Å²) in [6, 6.07) is 0. The summed E-state index contributed by atoms with van der Waals surface area (Å²) < 4.78 is 4.86. The maximum atomic E-state index is 5.37. The predicted octanol–water partition coefficient (Wildman–Crippen LogP) is -0.618. The van der Waals surface area contributed by atoms with Crippen LogP contribution in [0.25, 0.3) is 0 Å². The smallest absolute Gasteiger partial charge is 0.140 e. The highest BCUT2D eigenvalue weighted by Gasteiger charge is 1.97. The fourth-order valence-electron chi connectivity index (χ4n) is 0.539. The van der Waals surface area contributed by atoms with Crippen molar-refractivity contribution >= 4 is 0 Å². The van der Waals surface area contributed by atoms with E-state index >= 15 is 0 Å². The Bertz CT molecular complexity index is 162. The lowest BCUT2D eigenvalue weighted by molar-refractivity contribution is 0.299. The standard InChI is InChI=1S/C5H9N3O/c1-9-4-2-5(6)8-7-3-4/h2-3,7-8H,6H2,1H3. The molecule has 0 unspecified atom stereocenters. The molecule has 1 rings (SSSR count). The highest BCUT2D eigenvalue weighted by molar-refractivity contribution is 5.17. The molecule has 50 valence electrons. The van der Waals surface area contributed by atoms with Gasteiger partial charge >= 0.3 is 0 Å². The van der Waals surface area contributed by atoms with Gasteiger partial charge < -0.3 is 15.9 Å². The number of hydrogen-bond donors (Lipinski definition) is 3. The van der Waals surface area contributed by atoms with Crippen LogP contribution in [0.1, 0.15) is 0 Å². The SMILES string of the molecule is COC1=CNNC(N)=C1. The van der Waals surface area contributed by atoms with Gasteiger partial charge in [0, 0.05) is 6.08 Å². The predicted molar refractivity (Wildman–Crippen MR) is 33.6 cm³/mol. The summed E-state index contributed by atoms with van der Waals surface area (Å²) >= 11 is 0. The summed E-state index contributed by atoms with van der Waals surface area (Å²) in [5, 5.41) is 0. The summed E-state index contributed by atoms with van der Waals surface area (Å²) in [6.07, 6.45) is 3.37. The highest BCUT2D eigenvalue weighted by Crippen LogP contribution is 1.98. The number of ether oxygens (including phenoxy) is 1. The third kappa shape index (κ3) is 1.28. The van der Waals surface area contributed by atoms with Crippen LogP contribution >= 0.6 is 0 Å². The minimum atomic E-state index is 0.550. The maximum Gasteiger partial charge on any atom is 0.140 e. The Morgan fingerprint density at radius 3 is 2.89 bits per heavy atom. The first-order valence-corrected chi connectivity index (χ1v) is 2.56. The summed E-state index contributed by atoms with van der Waals surface area (Å²) in [4.78, 5) is 0. The first-order valence-electron chi connectivity index (χ1n) is 2.56. The number of nitrogens with two attached hydrogens (primary N) is 1. The monoisotopic (exact) mass is 127 g/mol. The number of hydrogen-bond acceptors (Lipinski definition) is 4.